The van der Waals surface area contributed by atoms with E-state index < -0.39 is 33.8 Å². The number of thioether (sulfide) groups is 1. The van der Waals surface area contributed by atoms with Gasteiger partial charge in [-0.05, 0) is 29.8 Å². The maximum Gasteiger partial charge on any atom is 0.305 e. The van der Waals surface area contributed by atoms with Crippen LogP contribution in [0.4, 0.5) is 11.4 Å². The number of carbonyl (C=O) groups is 2. The third kappa shape index (κ3) is 3.37. The quantitative estimate of drug-likeness (QED) is 0.322. The number of nitro groups is 1. The molecule has 2 aromatic carbocycles. The van der Waals surface area contributed by atoms with Crippen molar-refractivity contribution in [2.24, 2.45) is 5.92 Å². The Balaban J connectivity index is 1.62. The molecule has 2 aliphatic heterocycles. The van der Waals surface area contributed by atoms with Gasteiger partial charge in [-0.3, -0.25) is 24.5 Å². The maximum absolute atomic E-state index is 13.7. The van der Waals surface area contributed by atoms with E-state index in [-0.39, 0.29) is 16.2 Å². The van der Waals surface area contributed by atoms with E-state index in [1.165, 1.54) is 38.5 Å². The highest BCUT2D eigenvalue weighted by Crippen LogP contribution is 2.53. The zero-order chi connectivity index (χ0) is 24.1. The SMILES string of the molecule is COc1ccc(C2c3sc(=O)[nH]c3SC3C(=O)N(c4ccc([N+](=O)[O-])cc4)C(=O)C32)cc1OC. The zero-order valence-corrected chi connectivity index (χ0v) is 19.5. The number of hydrogen-bond acceptors (Lipinski definition) is 9. The topological polar surface area (TPSA) is 132 Å². The maximum atomic E-state index is 13.7. The second-order valence-corrected chi connectivity index (χ2v) is 9.82. The molecule has 1 N–H and O–H groups in total. The van der Waals surface area contributed by atoms with Gasteiger partial charge in [0, 0.05) is 22.9 Å². The van der Waals surface area contributed by atoms with Crippen molar-refractivity contribution >= 4 is 46.3 Å². The Morgan fingerprint density at radius 2 is 1.71 bits per heavy atom. The van der Waals surface area contributed by atoms with Gasteiger partial charge in [-0.25, -0.2) is 4.90 Å². The number of aromatic amines is 1. The van der Waals surface area contributed by atoms with E-state index in [2.05, 4.69) is 4.98 Å². The molecule has 1 saturated heterocycles. The first-order valence-corrected chi connectivity index (χ1v) is 11.8. The molecule has 10 nitrogen and oxygen atoms in total. The molecule has 0 saturated carbocycles. The molecule has 12 heteroatoms. The van der Waals surface area contributed by atoms with Crippen LogP contribution in [0.5, 0.6) is 11.5 Å². The highest BCUT2D eigenvalue weighted by atomic mass is 32.2. The third-order valence-electron chi connectivity index (χ3n) is 5.91. The van der Waals surface area contributed by atoms with Crippen molar-refractivity contribution in [2.45, 2.75) is 16.2 Å². The van der Waals surface area contributed by atoms with E-state index in [0.29, 0.717) is 27.0 Å². The highest BCUT2D eigenvalue weighted by Gasteiger charge is 2.56. The van der Waals surface area contributed by atoms with Gasteiger partial charge in [0.25, 0.3) is 5.69 Å². The fourth-order valence-corrected chi connectivity index (χ4v) is 6.92. The number of amides is 2. The summed E-state index contributed by atoms with van der Waals surface area (Å²) in [7, 11) is 3.02. The predicted molar refractivity (Wildman–Crippen MR) is 125 cm³/mol. The van der Waals surface area contributed by atoms with Gasteiger partial charge in [-0.2, -0.15) is 0 Å². The number of benzene rings is 2. The molecule has 3 heterocycles. The predicted octanol–water partition coefficient (Wildman–Crippen LogP) is 3.16. The number of H-pyrrole nitrogens is 1. The number of nitrogens with one attached hydrogen (secondary N) is 1. The van der Waals surface area contributed by atoms with E-state index in [9.17, 15) is 24.5 Å². The molecular formula is C22H17N3O7S2. The molecule has 1 aromatic heterocycles. The Bertz CT molecular complexity index is 1380. The third-order valence-corrected chi connectivity index (χ3v) is 8.31. The molecule has 0 radical (unpaired) electrons. The number of imide groups is 1. The monoisotopic (exact) mass is 499 g/mol. The number of thiazole rings is 1. The Morgan fingerprint density at radius 3 is 2.35 bits per heavy atom. The summed E-state index contributed by atoms with van der Waals surface area (Å²) >= 11 is 2.17. The summed E-state index contributed by atoms with van der Waals surface area (Å²) in [5, 5.41) is 10.8. The Hall–Kier alpha value is -3.64. The van der Waals surface area contributed by atoms with Crippen molar-refractivity contribution < 1.29 is 24.0 Å². The fourth-order valence-electron chi connectivity index (χ4n) is 4.40. The van der Waals surface area contributed by atoms with Gasteiger partial charge in [0.2, 0.25) is 11.8 Å². The minimum atomic E-state index is -0.773. The van der Waals surface area contributed by atoms with Crippen LogP contribution in [-0.2, 0) is 9.59 Å². The van der Waals surface area contributed by atoms with Crippen LogP contribution in [0.2, 0.25) is 0 Å². The van der Waals surface area contributed by atoms with Crippen molar-refractivity contribution in [2.75, 3.05) is 19.1 Å². The Labute approximate surface area is 200 Å². The first kappa shape index (κ1) is 22.2. The lowest BCUT2D eigenvalue weighted by Crippen LogP contribution is -2.32. The molecule has 3 aromatic rings. The smallest absolute Gasteiger partial charge is 0.305 e. The number of nitro benzene ring substituents is 1. The normalized spacial score (nSPS) is 21.2. The molecule has 0 bridgehead atoms. The largest absolute Gasteiger partial charge is 0.493 e. The molecule has 0 aliphatic carbocycles. The highest BCUT2D eigenvalue weighted by molar-refractivity contribution is 8.00. The van der Waals surface area contributed by atoms with Crippen molar-refractivity contribution in [3.05, 3.63) is 72.7 Å². The van der Waals surface area contributed by atoms with E-state index in [4.69, 9.17) is 9.47 Å². The Kier molecular flexibility index (Phi) is 5.41. The van der Waals surface area contributed by atoms with Crippen molar-refractivity contribution in [1.82, 2.24) is 4.98 Å². The lowest BCUT2D eigenvalue weighted by molar-refractivity contribution is -0.384. The van der Waals surface area contributed by atoms with Gasteiger partial charge >= 0.3 is 4.87 Å². The van der Waals surface area contributed by atoms with Gasteiger partial charge in [0.15, 0.2) is 11.5 Å². The minimum absolute atomic E-state index is 0.141. The summed E-state index contributed by atoms with van der Waals surface area (Å²) in [5.74, 6) is -1.23. The zero-order valence-electron chi connectivity index (χ0n) is 17.8. The van der Waals surface area contributed by atoms with Gasteiger partial charge in [-0.1, -0.05) is 29.2 Å². The van der Waals surface area contributed by atoms with Crippen LogP contribution in [0, 0.1) is 16.0 Å². The summed E-state index contributed by atoms with van der Waals surface area (Å²) in [6.07, 6.45) is 0. The number of ether oxygens (including phenoxy) is 2. The summed E-state index contributed by atoms with van der Waals surface area (Å²) in [5.41, 5.74) is 0.826. The minimum Gasteiger partial charge on any atom is -0.493 e. The first-order chi connectivity index (χ1) is 16.3. The molecule has 174 valence electrons. The van der Waals surface area contributed by atoms with Gasteiger partial charge in [0.1, 0.15) is 5.25 Å². The van der Waals surface area contributed by atoms with Gasteiger partial charge < -0.3 is 14.5 Å². The molecule has 2 aliphatic rings. The lowest BCUT2D eigenvalue weighted by atomic mass is 9.83. The van der Waals surface area contributed by atoms with Crippen LogP contribution in [0.15, 0.2) is 52.3 Å². The second-order valence-electron chi connectivity index (χ2n) is 7.65. The molecule has 3 unspecified atom stereocenters. The first-order valence-electron chi connectivity index (χ1n) is 10.1. The Morgan fingerprint density at radius 1 is 1.00 bits per heavy atom. The number of non-ortho nitro benzene ring substituents is 1. The number of methoxy groups -OCH3 is 2. The van der Waals surface area contributed by atoms with Crippen LogP contribution in [-0.4, -0.2) is 41.2 Å². The fraction of sp³-hybridized carbons (Fsp3) is 0.227. The molecule has 2 amide bonds. The summed E-state index contributed by atoms with van der Waals surface area (Å²) in [4.78, 5) is 54.0. The number of hydrogen-bond donors (Lipinski definition) is 1. The van der Waals surface area contributed by atoms with Crippen LogP contribution in [0.1, 0.15) is 16.4 Å². The average Bonchev–Trinajstić information content (AvgIpc) is 3.33. The second kappa shape index (κ2) is 8.29. The average molecular weight is 500 g/mol. The molecular weight excluding hydrogens is 482 g/mol. The van der Waals surface area contributed by atoms with E-state index in [0.717, 1.165) is 28.0 Å². The van der Waals surface area contributed by atoms with Crippen molar-refractivity contribution in [3.8, 4) is 11.5 Å². The van der Waals surface area contributed by atoms with Crippen LogP contribution in [0.3, 0.4) is 0 Å². The standard InChI is InChI=1S/C22H17N3O7S2/c1-31-13-8-3-10(9-14(13)32-2)15-16-18(33-19-17(15)34-22(28)23-19)21(27)24(20(16)26)11-4-6-12(7-5-11)25(29)30/h3-9,15-16,18H,1-2H3,(H,23,28). The van der Waals surface area contributed by atoms with Gasteiger partial charge in [0.05, 0.1) is 35.8 Å². The van der Waals surface area contributed by atoms with Crippen LogP contribution >= 0.6 is 23.1 Å². The summed E-state index contributed by atoms with van der Waals surface area (Å²) < 4.78 is 10.7. The molecule has 1 fully saturated rings. The number of aromatic nitrogens is 1. The lowest BCUT2D eigenvalue weighted by Gasteiger charge is -2.30. The number of anilines is 1. The van der Waals surface area contributed by atoms with Crippen molar-refractivity contribution in [3.63, 3.8) is 0 Å². The van der Waals surface area contributed by atoms with E-state index >= 15 is 0 Å². The number of fused-ring (bicyclic) bond motifs is 2. The number of rotatable bonds is 5. The van der Waals surface area contributed by atoms with Gasteiger partial charge in [-0.15, -0.1) is 0 Å². The summed E-state index contributed by atoms with van der Waals surface area (Å²) in [6, 6.07) is 10.5. The molecule has 34 heavy (non-hydrogen) atoms. The van der Waals surface area contributed by atoms with Crippen LogP contribution in [0.25, 0.3) is 0 Å². The molecule has 0 spiro atoms. The van der Waals surface area contributed by atoms with E-state index in [1.54, 1.807) is 18.2 Å². The number of nitrogens with zero attached hydrogens (tertiary/aromatic N) is 2. The van der Waals surface area contributed by atoms with Crippen molar-refractivity contribution in [1.29, 1.82) is 0 Å². The van der Waals surface area contributed by atoms with E-state index in [1.807, 2.05) is 0 Å². The number of carbonyl (C=O) groups excluding carboxylic acids is 2. The molecule has 3 atom stereocenters. The summed E-state index contributed by atoms with van der Waals surface area (Å²) in [6.45, 7) is 0. The van der Waals surface area contributed by atoms with Crippen LogP contribution < -0.4 is 19.2 Å². The molecule has 5 rings (SSSR count).